The minimum absolute atomic E-state index is 0.0123. The molecule has 422 valence electrons. The Hall–Kier alpha value is -9.00. The van der Waals surface area contributed by atoms with Gasteiger partial charge in [0.2, 0.25) is 11.8 Å². The summed E-state index contributed by atoms with van der Waals surface area (Å²) in [5, 5.41) is 37.7. The third-order valence-corrected chi connectivity index (χ3v) is 17.7. The van der Waals surface area contributed by atoms with E-state index >= 15 is 0 Å². The van der Waals surface area contributed by atoms with E-state index in [-0.39, 0.29) is 71.2 Å². The van der Waals surface area contributed by atoms with Gasteiger partial charge < -0.3 is 40.7 Å². The summed E-state index contributed by atoms with van der Waals surface area (Å²) >= 11 is 0. The molecule has 6 unspecified atom stereocenters. The first kappa shape index (κ1) is 53.3. The van der Waals surface area contributed by atoms with Crippen LogP contribution >= 0.6 is 0 Å². The van der Waals surface area contributed by atoms with Gasteiger partial charge in [0.25, 0.3) is 22.9 Å². The van der Waals surface area contributed by atoms with Crippen LogP contribution in [0.2, 0.25) is 0 Å². The number of nitrogens with one attached hydrogen (secondary N) is 5. The molecule has 6 atom stereocenters. The van der Waals surface area contributed by atoms with Gasteiger partial charge in [-0.3, -0.25) is 28.8 Å². The van der Waals surface area contributed by atoms with Crippen LogP contribution in [0.5, 0.6) is 0 Å². The second kappa shape index (κ2) is 22.1. The van der Waals surface area contributed by atoms with Gasteiger partial charge in [0.1, 0.15) is 0 Å². The molecule has 2 aromatic heterocycles. The summed E-state index contributed by atoms with van der Waals surface area (Å²) in [6.45, 7) is 5.02. The molecule has 0 radical (unpaired) electrons. The van der Waals surface area contributed by atoms with E-state index in [9.17, 15) is 33.9 Å². The van der Waals surface area contributed by atoms with Crippen LogP contribution in [0.1, 0.15) is 116 Å². The minimum atomic E-state index is -0.480. The molecule has 0 bridgehead atoms. The Morgan fingerprint density at radius 1 is 0.590 bits per heavy atom. The van der Waals surface area contributed by atoms with Crippen molar-refractivity contribution in [3.8, 4) is 0 Å². The lowest BCUT2D eigenvalue weighted by molar-refractivity contribution is -0.138. The fraction of sp³-hybridized carbons (Fsp3) is 0.323. The molecule has 8 aromatic rings. The van der Waals surface area contributed by atoms with Crippen molar-refractivity contribution in [1.82, 2.24) is 45.3 Å². The number of benzene rings is 6. The Balaban J connectivity index is 0.695. The zero-order valence-electron chi connectivity index (χ0n) is 46.3. The molecule has 6 N–H and O–H groups in total. The molecule has 1 aliphatic carbocycles. The predicted molar refractivity (Wildman–Crippen MR) is 316 cm³/mol. The molecule has 3 fully saturated rings. The zero-order chi connectivity index (χ0) is 57.0. The molecule has 5 aliphatic rings. The van der Waals surface area contributed by atoms with Gasteiger partial charge in [-0.2, -0.15) is 10.2 Å². The molecule has 18 heteroatoms. The number of hydrogen-bond donors (Lipinski definition) is 6. The van der Waals surface area contributed by atoms with Gasteiger partial charge in [0.05, 0.1) is 58.7 Å². The van der Waals surface area contributed by atoms with Crippen LogP contribution in [-0.4, -0.2) is 128 Å². The SMILES string of the molecule is CNCc1ccc(C2Nc3cccc4c(=O)[nH]nc(c34)C2c2ccc(C(=O)N3CCN(C(=O)C4CC4)CC3CC(C)C(=O)N3CCN(C(=O)c4ccc(C5c6n[nH]c(=O)c7cccc(c67)NC5c5ccc(CO)cc5)cc4)CC3)cc2)cc1. The minimum Gasteiger partial charge on any atom is -0.392 e. The maximum absolute atomic E-state index is 14.8. The van der Waals surface area contributed by atoms with Gasteiger partial charge in [-0.05, 0) is 108 Å². The van der Waals surface area contributed by atoms with Crippen molar-refractivity contribution in [3.63, 3.8) is 0 Å². The molecule has 4 amide bonds. The van der Waals surface area contributed by atoms with E-state index in [0.717, 1.165) is 80.6 Å². The highest BCUT2D eigenvalue weighted by atomic mass is 16.3. The molecule has 6 heterocycles. The van der Waals surface area contributed by atoms with Gasteiger partial charge in [-0.1, -0.05) is 91.9 Å². The van der Waals surface area contributed by atoms with Crippen molar-refractivity contribution in [1.29, 1.82) is 0 Å². The summed E-state index contributed by atoms with van der Waals surface area (Å²) in [5.74, 6) is -1.39. The van der Waals surface area contributed by atoms with Gasteiger partial charge in [0.15, 0.2) is 0 Å². The summed E-state index contributed by atoms with van der Waals surface area (Å²) in [5.41, 5.74) is 9.30. The summed E-state index contributed by atoms with van der Waals surface area (Å²) in [6.07, 6.45) is 2.09. The van der Waals surface area contributed by atoms with Gasteiger partial charge >= 0.3 is 0 Å². The third kappa shape index (κ3) is 9.98. The Bertz CT molecular complexity index is 3930. The number of aromatic amines is 2. The number of aliphatic hydroxyl groups excluding tert-OH is 1. The predicted octanol–water partition coefficient (Wildman–Crippen LogP) is 7.04. The number of amides is 4. The molecule has 6 aromatic carbocycles. The lowest BCUT2D eigenvalue weighted by Gasteiger charge is -2.43. The Labute approximate surface area is 478 Å². The Morgan fingerprint density at radius 3 is 1.58 bits per heavy atom. The molecule has 18 nitrogen and oxygen atoms in total. The highest BCUT2D eigenvalue weighted by Crippen LogP contribution is 2.48. The second-order valence-corrected chi connectivity index (χ2v) is 22.9. The Kier molecular flexibility index (Phi) is 14.2. The number of aromatic nitrogens is 4. The standard InChI is InChI=1S/C65H65N11O7/c1-37(62(80)73-27-29-74(30-28-73)63(81)44-21-17-40(18-22-44)52-57(43-15-11-39(36-77)12-16-43)68-51-8-4-6-49-55(51)58(52)69-71-61(49)79)33-47-35-75(64(82)45-25-26-45)31-32-76(47)65(83)46-23-19-41(20-24-46)53-56(42-13-9-38(10-14-42)34-66-2)67-50-7-3-5-48-54(50)59(53)70-72-60(48)78/h3-24,37,45,47,52-53,56-57,66-68,77H,25-36H2,1-2H3,(H,71,79)(H,72,78). The van der Waals surface area contributed by atoms with E-state index in [4.69, 9.17) is 0 Å². The number of rotatable bonds is 13. The van der Waals surface area contributed by atoms with Crippen LogP contribution in [0.15, 0.2) is 143 Å². The molecule has 4 aliphatic heterocycles. The smallest absolute Gasteiger partial charge is 0.272 e. The quantitative estimate of drug-likeness (QED) is 0.0683. The molecular weight excluding hydrogens is 1050 g/mol. The molecular formula is C65H65N11O7. The first-order valence-electron chi connectivity index (χ1n) is 28.8. The summed E-state index contributed by atoms with van der Waals surface area (Å²) < 4.78 is 0. The topological polar surface area (TPSA) is 229 Å². The summed E-state index contributed by atoms with van der Waals surface area (Å²) in [6, 6.07) is 41.7. The van der Waals surface area contributed by atoms with Gasteiger partial charge in [-0.15, -0.1) is 0 Å². The number of carbonyl (C=O) groups is 4. The molecule has 1 saturated carbocycles. The largest absolute Gasteiger partial charge is 0.392 e. The fourth-order valence-corrected chi connectivity index (χ4v) is 13.2. The van der Waals surface area contributed by atoms with E-state index in [0.29, 0.717) is 79.8 Å². The van der Waals surface area contributed by atoms with E-state index in [1.165, 1.54) is 0 Å². The average Bonchev–Trinajstić information content (AvgIpc) is 3.69. The van der Waals surface area contributed by atoms with Gasteiger partial charge in [0, 0.05) is 97.5 Å². The van der Waals surface area contributed by atoms with E-state index < -0.39 is 12.0 Å². The van der Waals surface area contributed by atoms with Crippen LogP contribution in [0.25, 0.3) is 21.5 Å². The highest BCUT2D eigenvalue weighted by molar-refractivity contribution is 5.99. The monoisotopic (exact) mass is 1110 g/mol. The van der Waals surface area contributed by atoms with Gasteiger partial charge in [-0.25, -0.2) is 10.2 Å². The number of carbonyl (C=O) groups excluding carboxylic acids is 4. The number of piperazine rings is 2. The number of aliphatic hydroxyl groups is 1. The molecule has 2 saturated heterocycles. The molecule has 13 rings (SSSR count). The summed E-state index contributed by atoms with van der Waals surface area (Å²) in [7, 11) is 1.92. The van der Waals surface area contributed by atoms with Crippen molar-refractivity contribution < 1.29 is 24.3 Å². The fourth-order valence-electron chi connectivity index (χ4n) is 13.2. The van der Waals surface area contributed by atoms with Crippen LogP contribution in [0.4, 0.5) is 11.4 Å². The van der Waals surface area contributed by atoms with Crippen LogP contribution in [-0.2, 0) is 22.7 Å². The average molecular weight is 1110 g/mol. The first-order valence-corrected chi connectivity index (χ1v) is 28.8. The van der Waals surface area contributed by atoms with Crippen molar-refractivity contribution in [3.05, 3.63) is 210 Å². The van der Waals surface area contributed by atoms with Crippen molar-refractivity contribution >= 4 is 56.5 Å². The first-order chi connectivity index (χ1) is 40.4. The van der Waals surface area contributed by atoms with Crippen molar-refractivity contribution in [2.45, 2.75) is 69.3 Å². The van der Waals surface area contributed by atoms with E-state index in [2.05, 4.69) is 60.6 Å². The lowest BCUT2D eigenvalue weighted by Crippen LogP contribution is -2.58. The highest BCUT2D eigenvalue weighted by Gasteiger charge is 2.42. The molecule has 83 heavy (non-hydrogen) atoms. The van der Waals surface area contributed by atoms with E-state index in [1.807, 2.05) is 132 Å². The van der Waals surface area contributed by atoms with Crippen LogP contribution in [0.3, 0.4) is 0 Å². The lowest BCUT2D eigenvalue weighted by atomic mass is 9.79. The number of nitrogens with zero attached hydrogens (tertiary/aromatic N) is 6. The second-order valence-electron chi connectivity index (χ2n) is 22.9. The summed E-state index contributed by atoms with van der Waals surface area (Å²) in [4.78, 5) is 90.2. The maximum Gasteiger partial charge on any atom is 0.272 e. The number of anilines is 2. The normalized spacial score (nSPS) is 20.6. The number of hydrogen-bond acceptors (Lipinski definition) is 12. The maximum atomic E-state index is 14.8. The Morgan fingerprint density at radius 2 is 1.07 bits per heavy atom. The van der Waals surface area contributed by atoms with Crippen molar-refractivity contribution in [2.24, 2.45) is 11.8 Å². The van der Waals surface area contributed by atoms with Crippen LogP contribution in [0, 0.1) is 11.8 Å². The third-order valence-electron chi connectivity index (χ3n) is 17.7. The molecule has 0 spiro atoms. The number of H-pyrrole nitrogens is 2. The van der Waals surface area contributed by atoms with Crippen LogP contribution < -0.4 is 27.1 Å². The van der Waals surface area contributed by atoms with Crippen molar-refractivity contribution in [2.75, 3.05) is 63.5 Å². The van der Waals surface area contributed by atoms with E-state index in [1.54, 1.807) is 11.0 Å². The zero-order valence-corrected chi connectivity index (χ0v) is 46.3.